The third-order valence-electron chi connectivity index (χ3n) is 4.85. The minimum atomic E-state index is -5.26. The van der Waals surface area contributed by atoms with E-state index in [1.807, 2.05) is 0 Å². The molecule has 0 radical (unpaired) electrons. The number of benzene rings is 2. The summed E-state index contributed by atoms with van der Waals surface area (Å²) in [6.45, 7) is 0.675. The van der Waals surface area contributed by atoms with Crippen LogP contribution in [0.25, 0.3) is 0 Å². The maximum atomic E-state index is 14.8. The van der Waals surface area contributed by atoms with E-state index in [1.165, 1.54) is 10.3 Å². The van der Waals surface area contributed by atoms with Gasteiger partial charge in [-0.25, -0.2) is 13.6 Å². The first-order valence-corrected chi connectivity index (χ1v) is 9.92. The fourth-order valence-corrected chi connectivity index (χ4v) is 3.10. The summed E-state index contributed by atoms with van der Waals surface area (Å²) in [4.78, 5) is 38.4. The van der Waals surface area contributed by atoms with Gasteiger partial charge in [-0.1, -0.05) is 18.2 Å². The lowest BCUT2D eigenvalue weighted by molar-refractivity contribution is -0.174. The Bertz CT molecular complexity index is 1040. The number of hydrogen-bond acceptors (Lipinski definition) is 4. The van der Waals surface area contributed by atoms with E-state index in [1.54, 1.807) is 30.3 Å². The number of rotatable bonds is 4. The molecule has 1 heterocycles. The molecule has 1 aliphatic rings. The summed E-state index contributed by atoms with van der Waals surface area (Å²) in [7, 11) is 0. The van der Waals surface area contributed by atoms with Gasteiger partial charge in [0.25, 0.3) is 5.91 Å². The number of halogens is 5. The number of carbonyl (C=O) groups is 3. The number of morpholine rings is 1. The number of para-hydroxylation sites is 1. The van der Waals surface area contributed by atoms with E-state index in [0.717, 1.165) is 10.3 Å². The smallest absolute Gasteiger partial charge is 0.378 e. The molecular weight excluding hydrogens is 467 g/mol. The van der Waals surface area contributed by atoms with Gasteiger partial charge < -0.3 is 9.64 Å². The Hall–Kier alpha value is -3.74. The molecule has 0 saturated carbocycles. The molecule has 34 heavy (non-hydrogen) atoms. The van der Waals surface area contributed by atoms with Crippen LogP contribution in [0, 0.1) is 11.6 Å². The lowest BCUT2D eigenvalue weighted by Crippen LogP contribution is -2.48. The van der Waals surface area contributed by atoms with Crippen LogP contribution < -0.4 is 15.8 Å². The average molecular weight is 486 g/mol. The fourth-order valence-electron chi connectivity index (χ4n) is 3.10. The highest BCUT2D eigenvalue weighted by molar-refractivity contribution is 5.96. The third-order valence-corrected chi connectivity index (χ3v) is 4.85. The number of anilines is 1. The monoisotopic (exact) mass is 486 g/mol. The number of alkyl halides is 3. The molecule has 0 aliphatic carbocycles. The molecule has 1 aliphatic heterocycles. The van der Waals surface area contributed by atoms with Crippen molar-refractivity contribution in [3.05, 3.63) is 65.2 Å². The van der Waals surface area contributed by atoms with Crippen LogP contribution in [0.1, 0.15) is 15.9 Å². The van der Waals surface area contributed by atoms with Gasteiger partial charge in [0, 0.05) is 29.9 Å². The molecule has 2 N–H and O–H groups in total. The Morgan fingerprint density at radius 2 is 1.56 bits per heavy atom. The van der Waals surface area contributed by atoms with Crippen molar-refractivity contribution in [1.29, 1.82) is 0 Å². The van der Waals surface area contributed by atoms with E-state index in [-0.39, 0.29) is 13.1 Å². The number of amides is 4. The summed E-state index contributed by atoms with van der Waals surface area (Å²) >= 11 is 0. The molecule has 0 unspecified atom stereocenters. The van der Waals surface area contributed by atoms with E-state index < -0.39 is 53.3 Å². The summed E-state index contributed by atoms with van der Waals surface area (Å²) in [6, 6.07) is 8.83. The largest absolute Gasteiger partial charge is 0.472 e. The molecule has 0 atom stereocenters. The molecule has 8 nitrogen and oxygen atoms in total. The van der Waals surface area contributed by atoms with E-state index in [0.29, 0.717) is 31.0 Å². The minimum absolute atomic E-state index is 0.288. The molecule has 1 fully saturated rings. The van der Waals surface area contributed by atoms with Gasteiger partial charge in [-0.3, -0.25) is 25.3 Å². The first-order valence-electron chi connectivity index (χ1n) is 9.92. The van der Waals surface area contributed by atoms with Crippen molar-refractivity contribution in [3.8, 4) is 0 Å². The van der Waals surface area contributed by atoms with Crippen molar-refractivity contribution in [1.82, 2.24) is 15.8 Å². The quantitative estimate of drug-likeness (QED) is 0.514. The number of hydrazine groups is 1. The van der Waals surface area contributed by atoms with Gasteiger partial charge in [0.05, 0.1) is 19.8 Å². The van der Waals surface area contributed by atoms with Gasteiger partial charge in [-0.15, -0.1) is 0 Å². The van der Waals surface area contributed by atoms with Crippen molar-refractivity contribution < 1.29 is 41.1 Å². The van der Waals surface area contributed by atoms with Crippen molar-refractivity contribution in [2.24, 2.45) is 0 Å². The summed E-state index contributed by atoms with van der Waals surface area (Å²) in [5.41, 5.74) is 1.69. The van der Waals surface area contributed by atoms with Crippen LogP contribution in [0.2, 0.25) is 0 Å². The highest BCUT2D eigenvalue weighted by atomic mass is 19.4. The van der Waals surface area contributed by atoms with Crippen molar-refractivity contribution in [3.63, 3.8) is 0 Å². The van der Waals surface area contributed by atoms with Crippen molar-refractivity contribution >= 4 is 23.5 Å². The molecule has 182 valence electrons. The molecule has 0 spiro atoms. The molecule has 0 aromatic heterocycles. The Morgan fingerprint density at radius 3 is 2.12 bits per heavy atom. The van der Waals surface area contributed by atoms with Crippen LogP contribution in [0.5, 0.6) is 0 Å². The number of hydrogen-bond donors (Lipinski definition) is 2. The Morgan fingerprint density at radius 1 is 0.971 bits per heavy atom. The summed E-state index contributed by atoms with van der Waals surface area (Å²) in [5, 5.41) is 0. The highest BCUT2D eigenvalue weighted by Gasteiger charge is 2.39. The van der Waals surface area contributed by atoms with Crippen LogP contribution in [0.3, 0.4) is 0 Å². The number of carbonyl (C=O) groups excluding carboxylic acids is 3. The van der Waals surface area contributed by atoms with Gasteiger partial charge in [0.15, 0.2) is 0 Å². The molecule has 0 bridgehead atoms. The number of nitrogens with zero attached hydrogens (tertiary/aromatic N) is 2. The number of urea groups is 1. The number of ether oxygens (including phenoxy) is 1. The lowest BCUT2D eigenvalue weighted by atomic mass is 10.1. The Labute approximate surface area is 190 Å². The van der Waals surface area contributed by atoms with E-state index in [2.05, 4.69) is 0 Å². The third kappa shape index (κ3) is 5.98. The van der Waals surface area contributed by atoms with Gasteiger partial charge >= 0.3 is 18.1 Å². The number of nitrogens with one attached hydrogen (secondary N) is 2. The van der Waals surface area contributed by atoms with E-state index >= 15 is 0 Å². The van der Waals surface area contributed by atoms with Crippen molar-refractivity contribution in [2.75, 3.05) is 31.2 Å². The molecule has 13 heteroatoms. The topological polar surface area (TPSA) is 91.0 Å². The molecule has 4 amide bonds. The predicted molar refractivity (Wildman–Crippen MR) is 108 cm³/mol. The summed E-state index contributed by atoms with van der Waals surface area (Å²) in [6.07, 6.45) is -5.26. The van der Waals surface area contributed by atoms with Gasteiger partial charge in [0.2, 0.25) is 0 Å². The average Bonchev–Trinajstić information content (AvgIpc) is 2.82. The maximum absolute atomic E-state index is 14.8. The standard InChI is InChI=1S/C21H19F5N4O4/c22-16-10-13(18(31)27-28-19(32)21(24,25)26)11-17(23)15(16)12-30(14-4-2-1-3-5-14)20(33)29-6-8-34-9-7-29/h1-5,10-11H,6-9,12H2,(H,27,31)(H,28,32). The van der Waals surface area contributed by atoms with Crippen LogP contribution in [-0.4, -0.2) is 55.2 Å². The second kappa shape index (κ2) is 10.5. The van der Waals surface area contributed by atoms with Gasteiger partial charge in [-0.2, -0.15) is 13.2 Å². The lowest BCUT2D eigenvalue weighted by Gasteiger charge is -2.33. The van der Waals surface area contributed by atoms with Crippen LogP contribution >= 0.6 is 0 Å². The first-order chi connectivity index (χ1) is 16.1. The fraction of sp³-hybridized carbons (Fsp3) is 0.286. The normalized spacial score (nSPS) is 13.9. The Balaban J connectivity index is 1.82. The summed E-state index contributed by atoms with van der Waals surface area (Å²) < 4.78 is 71.4. The van der Waals surface area contributed by atoms with Crippen molar-refractivity contribution in [2.45, 2.75) is 12.7 Å². The summed E-state index contributed by atoms with van der Waals surface area (Å²) in [5.74, 6) is -6.24. The SMILES string of the molecule is O=C(NNC(=O)C(F)(F)F)c1cc(F)c(CN(C(=O)N2CCOCC2)c2ccccc2)c(F)c1. The maximum Gasteiger partial charge on any atom is 0.472 e. The minimum Gasteiger partial charge on any atom is -0.378 e. The molecule has 1 saturated heterocycles. The molecule has 2 aromatic rings. The first kappa shape index (κ1) is 24.9. The second-order valence-electron chi connectivity index (χ2n) is 7.13. The molecule has 2 aromatic carbocycles. The van der Waals surface area contributed by atoms with Crippen LogP contribution in [0.15, 0.2) is 42.5 Å². The molecule has 3 rings (SSSR count). The van der Waals surface area contributed by atoms with Gasteiger partial charge in [0.1, 0.15) is 11.6 Å². The van der Waals surface area contributed by atoms with E-state index in [9.17, 15) is 36.3 Å². The highest BCUT2D eigenvalue weighted by Crippen LogP contribution is 2.24. The zero-order valence-corrected chi connectivity index (χ0v) is 17.5. The van der Waals surface area contributed by atoms with Crippen LogP contribution in [0.4, 0.5) is 32.4 Å². The van der Waals surface area contributed by atoms with Gasteiger partial charge in [-0.05, 0) is 24.3 Å². The van der Waals surface area contributed by atoms with Crippen LogP contribution in [-0.2, 0) is 16.1 Å². The zero-order chi connectivity index (χ0) is 24.9. The second-order valence-corrected chi connectivity index (χ2v) is 7.13. The zero-order valence-electron chi connectivity index (χ0n) is 17.5. The van der Waals surface area contributed by atoms with E-state index in [4.69, 9.17) is 4.74 Å². The molecular formula is C21H19F5N4O4. The Kier molecular flexibility index (Phi) is 7.66. The predicted octanol–water partition coefficient (Wildman–Crippen LogP) is 2.75.